The highest BCUT2D eigenvalue weighted by molar-refractivity contribution is 8.00. The molecule has 3 atom stereocenters. The molecule has 23 heavy (non-hydrogen) atoms. The Morgan fingerprint density at radius 2 is 2.04 bits per heavy atom. The fourth-order valence-corrected chi connectivity index (χ4v) is 4.21. The van der Waals surface area contributed by atoms with E-state index < -0.39 is 16.8 Å². The van der Waals surface area contributed by atoms with Crippen molar-refractivity contribution in [3.05, 3.63) is 34.4 Å². The van der Waals surface area contributed by atoms with Crippen LogP contribution in [0.3, 0.4) is 0 Å². The van der Waals surface area contributed by atoms with E-state index in [9.17, 15) is 19.7 Å². The van der Waals surface area contributed by atoms with E-state index in [0.717, 1.165) is 11.3 Å². The van der Waals surface area contributed by atoms with Crippen molar-refractivity contribution in [3.8, 4) is 0 Å². The molecule has 0 saturated heterocycles. The summed E-state index contributed by atoms with van der Waals surface area (Å²) in [4.78, 5) is 35.4. The van der Waals surface area contributed by atoms with Crippen molar-refractivity contribution in [3.63, 3.8) is 0 Å². The minimum Gasteiger partial charge on any atom is -0.465 e. The summed E-state index contributed by atoms with van der Waals surface area (Å²) in [6, 6.07) is 6.15. The largest absolute Gasteiger partial charge is 0.465 e. The predicted molar refractivity (Wildman–Crippen MR) is 86.3 cm³/mol. The number of hydrogen-bond donors (Lipinski definition) is 0. The number of ketones is 1. The van der Waals surface area contributed by atoms with Crippen LogP contribution in [0, 0.1) is 22.0 Å². The second-order valence-corrected chi connectivity index (χ2v) is 6.96. The predicted octanol–water partition coefficient (Wildman–Crippen LogP) is 3.23. The average molecular weight is 337 g/mol. The van der Waals surface area contributed by atoms with Gasteiger partial charge in [0.05, 0.1) is 11.5 Å². The summed E-state index contributed by atoms with van der Waals surface area (Å²) in [7, 11) is 0. The number of carbonyl (C=O) groups is 2. The van der Waals surface area contributed by atoms with Crippen LogP contribution in [0.4, 0.5) is 5.69 Å². The van der Waals surface area contributed by atoms with Gasteiger partial charge in [-0.05, 0) is 31.4 Å². The van der Waals surface area contributed by atoms with Gasteiger partial charge >= 0.3 is 5.97 Å². The number of Topliss-reactive ketones (excluding diaryl/α,β-unsaturated/α-hetero) is 1. The Hall–Kier alpha value is -1.89. The molecule has 1 aliphatic carbocycles. The number of thioether (sulfide) groups is 1. The molecule has 2 rings (SSSR count). The first-order valence-corrected chi connectivity index (χ1v) is 8.40. The minimum atomic E-state index is -0.758. The molecule has 7 heteroatoms. The summed E-state index contributed by atoms with van der Waals surface area (Å²) in [5, 5.41) is 10.5. The molecule has 1 fully saturated rings. The normalized spacial score (nSPS) is 24.3. The minimum absolute atomic E-state index is 0.0179. The van der Waals surface area contributed by atoms with Crippen LogP contribution < -0.4 is 0 Å². The summed E-state index contributed by atoms with van der Waals surface area (Å²) >= 11 is 1.41. The van der Waals surface area contributed by atoms with Crippen molar-refractivity contribution < 1.29 is 19.2 Å². The summed E-state index contributed by atoms with van der Waals surface area (Å²) in [6.45, 7) is 3.95. The molecule has 1 saturated carbocycles. The SMILES string of the molecule is CCOC(=O)C1C(=O)CC(C)CC1Sc1ccc([N+](=O)[O-])cc1. The van der Waals surface area contributed by atoms with Crippen molar-refractivity contribution in [2.24, 2.45) is 11.8 Å². The van der Waals surface area contributed by atoms with Crippen LogP contribution in [0.2, 0.25) is 0 Å². The highest BCUT2D eigenvalue weighted by Crippen LogP contribution is 2.39. The fourth-order valence-electron chi connectivity index (χ4n) is 2.75. The Morgan fingerprint density at radius 3 is 2.61 bits per heavy atom. The summed E-state index contributed by atoms with van der Waals surface area (Å²) in [5.41, 5.74) is 0.0179. The third kappa shape index (κ3) is 4.31. The van der Waals surface area contributed by atoms with E-state index in [1.54, 1.807) is 19.1 Å². The summed E-state index contributed by atoms with van der Waals surface area (Å²) < 4.78 is 5.04. The van der Waals surface area contributed by atoms with Gasteiger partial charge in [0.25, 0.3) is 5.69 Å². The third-order valence-electron chi connectivity index (χ3n) is 3.78. The molecule has 0 aliphatic heterocycles. The van der Waals surface area contributed by atoms with E-state index in [0.29, 0.717) is 6.42 Å². The van der Waals surface area contributed by atoms with Gasteiger partial charge in [-0.1, -0.05) is 6.92 Å². The van der Waals surface area contributed by atoms with Crippen LogP contribution in [0.15, 0.2) is 29.2 Å². The molecule has 0 aromatic heterocycles. The van der Waals surface area contributed by atoms with Gasteiger partial charge in [0, 0.05) is 28.7 Å². The van der Waals surface area contributed by atoms with E-state index in [1.165, 1.54) is 23.9 Å². The number of esters is 1. The molecule has 1 aromatic rings. The Kier molecular flexibility index (Phi) is 5.76. The Balaban J connectivity index is 2.17. The second kappa shape index (κ2) is 7.59. The van der Waals surface area contributed by atoms with Crippen molar-refractivity contribution in [1.29, 1.82) is 0 Å². The number of non-ortho nitro benzene ring substituents is 1. The molecule has 0 spiro atoms. The zero-order valence-corrected chi connectivity index (χ0v) is 13.9. The van der Waals surface area contributed by atoms with Crippen molar-refractivity contribution >= 4 is 29.2 Å². The number of benzene rings is 1. The lowest BCUT2D eigenvalue weighted by molar-refractivity contribution is -0.384. The molecule has 0 bridgehead atoms. The van der Waals surface area contributed by atoms with E-state index >= 15 is 0 Å². The number of nitrogens with zero attached hydrogens (tertiary/aromatic N) is 1. The van der Waals surface area contributed by atoms with Crippen LogP contribution >= 0.6 is 11.8 Å². The monoisotopic (exact) mass is 337 g/mol. The molecule has 0 amide bonds. The van der Waals surface area contributed by atoms with Gasteiger partial charge in [-0.3, -0.25) is 19.7 Å². The van der Waals surface area contributed by atoms with Gasteiger partial charge in [0.1, 0.15) is 11.7 Å². The number of hydrogen-bond acceptors (Lipinski definition) is 6. The van der Waals surface area contributed by atoms with Gasteiger partial charge < -0.3 is 4.74 Å². The quantitative estimate of drug-likeness (QED) is 0.355. The van der Waals surface area contributed by atoms with Gasteiger partial charge in [-0.25, -0.2) is 0 Å². The maximum absolute atomic E-state index is 12.3. The Bertz CT molecular complexity index is 593. The smallest absolute Gasteiger partial charge is 0.317 e. The van der Waals surface area contributed by atoms with E-state index in [-0.39, 0.29) is 29.2 Å². The zero-order chi connectivity index (χ0) is 17.0. The molecule has 0 heterocycles. The standard InChI is InChI=1S/C16H19NO5S/c1-3-22-16(19)15-13(18)8-10(2)9-14(15)23-12-6-4-11(5-7-12)17(20)21/h4-7,10,14-15H,3,8-9H2,1-2H3. The number of ether oxygens (including phenoxy) is 1. The number of rotatable bonds is 5. The molecule has 6 nitrogen and oxygen atoms in total. The first-order chi connectivity index (χ1) is 10.9. The summed E-state index contributed by atoms with van der Waals surface area (Å²) in [5.74, 6) is -1.10. The van der Waals surface area contributed by atoms with Crippen LogP contribution in [0.1, 0.15) is 26.7 Å². The van der Waals surface area contributed by atoms with Crippen LogP contribution in [0.25, 0.3) is 0 Å². The maximum atomic E-state index is 12.3. The molecule has 3 unspecified atom stereocenters. The Labute approximate surface area is 138 Å². The van der Waals surface area contributed by atoms with Crippen molar-refractivity contribution in [2.75, 3.05) is 6.61 Å². The van der Waals surface area contributed by atoms with Crippen LogP contribution in [-0.4, -0.2) is 28.5 Å². The lowest BCUT2D eigenvalue weighted by Gasteiger charge is -2.31. The molecule has 0 N–H and O–H groups in total. The van der Waals surface area contributed by atoms with Gasteiger partial charge in [-0.2, -0.15) is 0 Å². The summed E-state index contributed by atoms with van der Waals surface area (Å²) in [6.07, 6.45) is 1.12. The van der Waals surface area contributed by atoms with Gasteiger partial charge in [0.15, 0.2) is 0 Å². The van der Waals surface area contributed by atoms with E-state index in [2.05, 4.69) is 0 Å². The fraction of sp³-hybridized carbons (Fsp3) is 0.500. The van der Waals surface area contributed by atoms with Gasteiger partial charge in [0.2, 0.25) is 0 Å². The molecular formula is C16H19NO5S. The Morgan fingerprint density at radius 1 is 1.39 bits per heavy atom. The molecule has 1 aliphatic rings. The van der Waals surface area contributed by atoms with Crippen LogP contribution in [-0.2, 0) is 14.3 Å². The van der Waals surface area contributed by atoms with E-state index in [4.69, 9.17) is 4.74 Å². The topological polar surface area (TPSA) is 86.5 Å². The zero-order valence-electron chi connectivity index (χ0n) is 13.1. The molecule has 0 radical (unpaired) electrons. The first-order valence-electron chi connectivity index (χ1n) is 7.52. The highest BCUT2D eigenvalue weighted by atomic mass is 32.2. The molecule has 1 aromatic carbocycles. The van der Waals surface area contributed by atoms with Gasteiger partial charge in [-0.15, -0.1) is 11.8 Å². The van der Waals surface area contributed by atoms with E-state index in [1.807, 2.05) is 6.92 Å². The molecular weight excluding hydrogens is 318 g/mol. The lowest BCUT2D eigenvalue weighted by atomic mass is 9.81. The number of carbonyl (C=O) groups excluding carboxylic acids is 2. The average Bonchev–Trinajstić information content (AvgIpc) is 2.47. The third-order valence-corrected chi connectivity index (χ3v) is 5.09. The van der Waals surface area contributed by atoms with Crippen molar-refractivity contribution in [1.82, 2.24) is 0 Å². The number of nitro benzene ring substituents is 1. The van der Waals surface area contributed by atoms with Crippen molar-refractivity contribution in [2.45, 2.75) is 36.8 Å². The molecule has 124 valence electrons. The van der Waals surface area contributed by atoms with Crippen LogP contribution in [0.5, 0.6) is 0 Å². The lowest BCUT2D eigenvalue weighted by Crippen LogP contribution is -2.40. The number of nitro groups is 1. The maximum Gasteiger partial charge on any atom is 0.317 e. The second-order valence-electron chi connectivity index (χ2n) is 5.65. The highest BCUT2D eigenvalue weighted by Gasteiger charge is 2.41. The first kappa shape index (κ1) is 17.5.